The van der Waals surface area contributed by atoms with Crippen LogP contribution in [0.5, 0.6) is 0 Å². The zero-order chi connectivity index (χ0) is 21.8. The van der Waals surface area contributed by atoms with E-state index in [9.17, 15) is 18.4 Å². The van der Waals surface area contributed by atoms with E-state index in [1.165, 1.54) is 47.8 Å². The Morgan fingerprint density at radius 3 is 2.42 bits per heavy atom. The Morgan fingerprint density at radius 2 is 1.77 bits per heavy atom. The van der Waals surface area contributed by atoms with Gasteiger partial charge in [-0.05, 0) is 54.2 Å². The second kappa shape index (κ2) is 9.30. The minimum atomic E-state index is -1.22. The lowest BCUT2D eigenvalue weighted by molar-refractivity contribution is -0.123. The summed E-state index contributed by atoms with van der Waals surface area (Å²) in [5, 5.41) is 8.22. The minimum absolute atomic E-state index is 0.00553. The normalized spacial score (nSPS) is 14.9. The SMILES string of the molecule is O=C(NC1CCCC1)[C@@H](c1ccc(F)cc1)N(C(=O)c1csnn1)c1ccccc1F. The minimum Gasteiger partial charge on any atom is -0.351 e. The molecule has 1 atom stereocenters. The highest BCUT2D eigenvalue weighted by Gasteiger charge is 2.36. The van der Waals surface area contributed by atoms with Crippen molar-refractivity contribution in [3.8, 4) is 0 Å². The number of hydrogen-bond donors (Lipinski definition) is 1. The number of anilines is 1. The summed E-state index contributed by atoms with van der Waals surface area (Å²) in [7, 11) is 0. The van der Waals surface area contributed by atoms with E-state index in [0.717, 1.165) is 42.1 Å². The second-order valence-corrected chi connectivity index (χ2v) is 7.97. The van der Waals surface area contributed by atoms with Gasteiger partial charge in [-0.2, -0.15) is 0 Å². The molecule has 1 heterocycles. The summed E-state index contributed by atoms with van der Waals surface area (Å²) >= 11 is 0.976. The van der Waals surface area contributed by atoms with Crippen LogP contribution in [0.1, 0.15) is 47.8 Å². The van der Waals surface area contributed by atoms with Gasteiger partial charge in [0.15, 0.2) is 5.69 Å². The fraction of sp³-hybridized carbons (Fsp3) is 0.273. The predicted octanol–water partition coefficient (Wildman–Crippen LogP) is 4.26. The number of nitrogens with zero attached hydrogens (tertiary/aromatic N) is 3. The van der Waals surface area contributed by atoms with Crippen molar-refractivity contribution in [2.75, 3.05) is 4.90 Å². The van der Waals surface area contributed by atoms with Crippen LogP contribution >= 0.6 is 11.5 Å². The number of hydrogen-bond acceptors (Lipinski definition) is 5. The highest BCUT2D eigenvalue weighted by atomic mass is 32.1. The van der Waals surface area contributed by atoms with Gasteiger partial charge in [0.25, 0.3) is 5.91 Å². The molecule has 1 aliphatic rings. The summed E-state index contributed by atoms with van der Waals surface area (Å²) in [6.07, 6.45) is 3.69. The third-order valence-corrected chi connectivity index (χ3v) is 5.81. The van der Waals surface area contributed by atoms with Crippen LogP contribution in [0.15, 0.2) is 53.9 Å². The maximum atomic E-state index is 14.8. The summed E-state index contributed by atoms with van der Waals surface area (Å²) in [6.45, 7) is 0. The number of amides is 2. The van der Waals surface area contributed by atoms with Gasteiger partial charge >= 0.3 is 0 Å². The van der Waals surface area contributed by atoms with E-state index in [-0.39, 0.29) is 17.4 Å². The lowest BCUT2D eigenvalue weighted by atomic mass is 10.0. The van der Waals surface area contributed by atoms with Crippen molar-refractivity contribution in [3.05, 3.63) is 76.8 Å². The van der Waals surface area contributed by atoms with Gasteiger partial charge in [0.2, 0.25) is 5.91 Å². The fourth-order valence-electron chi connectivity index (χ4n) is 3.81. The average Bonchev–Trinajstić information content (AvgIpc) is 3.47. The van der Waals surface area contributed by atoms with Crippen LogP contribution in [0.2, 0.25) is 0 Å². The molecule has 4 rings (SSSR count). The largest absolute Gasteiger partial charge is 0.351 e. The lowest BCUT2D eigenvalue weighted by Gasteiger charge is -2.32. The molecule has 1 aliphatic carbocycles. The molecule has 0 bridgehead atoms. The number of rotatable bonds is 6. The molecular formula is C22H20F2N4O2S. The first-order chi connectivity index (χ1) is 15.0. The topological polar surface area (TPSA) is 75.2 Å². The molecule has 1 aromatic heterocycles. The number of benzene rings is 2. The zero-order valence-corrected chi connectivity index (χ0v) is 17.3. The molecule has 0 saturated heterocycles. The van der Waals surface area contributed by atoms with Gasteiger partial charge in [0.05, 0.1) is 5.69 Å². The smallest absolute Gasteiger partial charge is 0.280 e. The molecule has 0 aliphatic heterocycles. The van der Waals surface area contributed by atoms with Crippen molar-refractivity contribution >= 4 is 29.0 Å². The van der Waals surface area contributed by atoms with Crippen LogP contribution in [0.25, 0.3) is 0 Å². The van der Waals surface area contributed by atoms with E-state index in [1.807, 2.05) is 0 Å². The third-order valence-electron chi connectivity index (χ3n) is 5.30. The first-order valence-corrected chi connectivity index (χ1v) is 10.8. The molecule has 0 unspecified atom stereocenters. The van der Waals surface area contributed by atoms with Crippen molar-refractivity contribution in [2.45, 2.75) is 37.8 Å². The second-order valence-electron chi connectivity index (χ2n) is 7.36. The standard InChI is InChI=1S/C22H20F2N4O2S/c23-15-11-9-14(10-12-15)20(21(29)25-16-5-1-2-6-16)28(19-8-4-3-7-17(19)24)22(30)18-13-31-27-26-18/h3-4,7-13,16,20H,1-2,5-6H2,(H,25,29)/t20-/m1/s1. The van der Waals surface area contributed by atoms with Crippen LogP contribution in [0.4, 0.5) is 14.5 Å². The summed E-state index contributed by atoms with van der Waals surface area (Å²) < 4.78 is 32.1. The van der Waals surface area contributed by atoms with Gasteiger partial charge in [-0.3, -0.25) is 14.5 Å². The number of para-hydroxylation sites is 1. The first-order valence-electron chi connectivity index (χ1n) is 9.95. The Hall–Kier alpha value is -3.20. The molecule has 0 spiro atoms. The molecule has 160 valence electrons. The summed E-state index contributed by atoms with van der Waals surface area (Å²) in [4.78, 5) is 27.9. The van der Waals surface area contributed by atoms with Crippen LogP contribution in [-0.2, 0) is 4.79 Å². The summed E-state index contributed by atoms with van der Waals surface area (Å²) in [6, 6.07) is 9.74. The molecule has 6 nitrogen and oxygen atoms in total. The van der Waals surface area contributed by atoms with Crippen LogP contribution in [-0.4, -0.2) is 27.4 Å². The Balaban J connectivity index is 1.82. The molecule has 2 amide bonds. The number of halogens is 2. The Bertz CT molecular complexity index is 1050. The molecule has 0 radical (unpaired) electrons. The number of carbonyl (C=O) groups excluding carboxylic acids is 2. The lowest BCUT2D eigenvalue weighted by Crippen LogP contribution is -2.46. The fourth-order valence-corrected chi connectivity index (χ4v) is 4.24. The maximum absolute atomic E-state index is 14.8. The third kappa shape index (κ3) is 4.61. The van der Waals surface area contributed by atoms with Crippen molar-refractivity contribution in [1.82, 2.24) is 14.9 Å². The Kier molecular flexibility index (Phi) is 6.31. The Morgan fingerprint density at radius 1 is 1.06 bits per heavy atom. The quantitative estimate of drug-likeness (QED) is 0.619. The van der Waals surface area contributed by atoms with Crippen molar-refractivity contribution in [2.24, 2.45) is 0 Å². The van der Waals surface area contributed by atoms with Gasteiger partial charge in [-0.25, -0.2) is 8.78 Å². The molecule has 1 N–H and O–H groups in total. The van der Waals surface area contributed by atoms with Gasteiger partial charge in [-0.15, -0.1) is 5.10 Å². The van der Waals surface area contributed by atoms with Gasteiger partial charge < -0.3 is 5.32 Å². The molecule has 1 fully saturated rings. The molecule has 2 aromatic carbocycles. The average molecular weight is 442 g/mol. The van der Waals surface area contributed by atoms with Crippen molar-refractivity contribution in [3.63, 3.8) is 0 Å². The van der Waals surface area contributed by atoms with Crippen LogP contribution in [0, 0.1) is 11.6 Å². The number of aromatic nitrogens is 2. The van der Waals surface area contributed by atoms with E-state index < -0.39 is 29.5 Å². The van der Waals surface area contributed by atoms with E-state index in [2.05, 4.69) is 14.9 Å². The molecule has 1 saturated carbocycles. The summed E-state index contributed by atoms with van der Waals surface area (Å²) in [5.74, 6) is -2.28. The zero-order valence-electron chi connectivity index (χ0n) is 16.5. The summed E-state index contributed by atoms with van der Waals surface area (Å²) in [5.41, 5.74) is 0.280. The van der Waals surface area contributed by atoms with Crippen molar-refractivity contribution in [1.29, 1.82) is 0 Å². The van der Waals surface area contributed by atoms with Gasteiger partial charge in [0, 0.05) is 11.4 Å². The highest BCUT2D eigenvalue weighted by Crippen LogP contribution is 2.32. The van der Waals surface area contributed by atoms with Gasteiger partial charge in [-0.1, -0.05) is 41.6 Å². The predicted molar refractivity (Wildman–Crippen MR) is 113 cm³/mol. The molecule has 31 heavy (non-hydrogen) atoms. The molecular weight excluding hydrogens is 422 g/mol. The Labute approximate surface area is 182 Å². The number of nitrogens with one attached hydrogen (secondary N) is 1. The van der Waals surface area contributed by atoms with E-state index in [4.69, 9.17) is 0 Å². The molecule has 3 aromatic rings. The van der Waals surface area contributed by atoms with E-state index >= 15 is 0 Å². The highest BCUT2D eigenvalue weighted by molar-refractivity contribution is 7.03. The molecule has 9 heteroatoms. The first kappa shape index (κ1) is 21.0. The van der Waals surface area contributed by atoms with E-state index in [1.54, 1.807) is 6.07 Å². The monoisotopic (exact) mass is 442 g/mol. The van der Waals surface area contributed by atoms with Crippen LogP contribution < -0.4 is 10.2 Å². The van der Waals surface area contributed by atoms with Crippen molar-refractivity contribution < 1.29 is 18.4 Å². The van der Waals surface area contributed by atoms with Crippen LogP contribution in [0.3, 0.4) is 0 Å². The maximum Gasteiger partial charge on any atom is 0.280 e. The number of carbonyl (C=O) groups is 2. The van der Waals surface area contributed by atoms with E-state index in [0.29, 0.717) is 5.56 Å². The van der Waals surface area contributed by atoms with Gasteiger partial charge in [0.1, 0.15) is 17.7 Å².